The van der Waals surface area contributed by atoms with Gasteiger partial charge in [-0.25, -0.2) is 0 Å². The monoisotopic (exact) mass is 398 g/mol. The molecular weight excluding hydrogens is 364 g/mol. The Bertz CT molecular complexity index is 922. The van der Waals surface area contributed by atoms with Crippen LogP contribution in [0, 0.1) is 12.3 Å². The van der Waals surface area contributed by atoms with Gasteiger partial charge in [0.1, 0.15) is 11.3 Å². The smallest absolute Gasteiger partial charge is 0.254 e. The number of nitrogens with one attached hydrogen (secondary N) is 2. The normalized spacial score (nSPS) is 16.8. The van der Waals surface area contributed by atoms with Crippen LogP contribution in [0.5, 0.6) is 0 Å². The summed E-state index contributed by atoms with van der Waals surface area (Å²) < 4.78 is 0. The predicted molar refractivity (Wildman–Crippen MR) is 116 cm³/mol. The lowest BCUT2D eigenvalue weighted by Crippen LogP contribution is -2.48. The number of aryl methyl sites for hydroxylation is 1. The number of fused-ring (bicyclic) bond motifs is 1. The van der Waals surface area contributed by atoms with Gasteiger partial charge in [-0.1, -0.05) is 32.9 Å². The van der Waals surface area contributed by atoms with Gasteiger partial charge in [0.25, 0.3) is 5.91 Å². The number of aromatic amines is 2. The number of carbonyl (C=O) groups is 1. The Hall–Kier alpha value is -2.34. The molecule has 0 saturated heterocycles. The van der Waals surface area contributed by atoms with Crippen molar-refractivity contribution >= 4 is 12.0 Å². The molecular formula is C23H34N4O2. The SMILES string of the molecule is Cc1[nH]nc(-c2cc3c([nH]2)CC(N(C)C(=O)C(C)(C)O)C=C3)c1CCC(C)(C)C. The number of aliphatic hydroxyl groups is 1. The van der Waals surface area contributed by atoms with Gasteiger partial charge < -0.3 is 15.0 Å². The molecule has 3 rings (SSSR count). The van der Waals surface area contributed by atoms with E-state index in [1.807, 2.05) is 12.2 Å². The van der Waals surface area contributed by atoms with Gasteiger partial charge in [-0.2, -0.15) is 5.10 Å². The van der Waals surface area contributed by atoms with E-state index in [1.165, 1.54) is 19.4 Å². The van der Waals surface area contributed by atoms with Crippen LogP contribution in [-0.2, 0) is 17.6 Å². The largest absolute Gasteiger partial charge is 0.381 e. The Morgan fingerprint density at radius 2 is 2.00 bits per heavy atom. The first-order chi connectivity index (χ1) is 13.4. The fourth-order valence-electron chi connectivity index (χ4n) is 3.78. The van der Waals surface area contributed by atoms with Gasteiger partial charge in [0, 0.05) is 30.4 Å². The van der Waals surface area contributed by atoms with Crippen molar-refractivity contribution < 1.29 is 9.90 Å². The number of H-pyrrole nitrogens is 2. The van der Waals surface area contributed by atoms with E-state index in [4.69, 9.17) is 0 Å². The molecule has 0 fully saturated rings. The topological polar surface area (TPSA) is 85.0 Å². The van der Waals surface area contributed by atoms with Crippen LogP contribution in [0.3, 0.4) is 0 Å². The number of rotatable bonds is 5. The Morgan fingerprint density at radius 1 is 1.31 bits per heavy atom. The third-order valence-electron chi connectivity index (χ3n) is 5.64. The minimum absolute atomic E-state index is 0.0887. The van der Waals surface area contributed by atoms with E-state index in [9.17, 15) is 9.90 Å². The molecule has 0 radical (unpaired) electrons. The van der Waals surface area contributed by atoms with Crippen LogP contribution in [-0.4, -0.2) is 49.8 Å². The van der Waals surface area contributed by atoms with Gasteiger partial charge in [-0.3, -0.25) is 9.89 Å². The highest BCUT2D eigenvalue weighted by Gasteiger charge is 2.32. The third-order valence-corrected chi connectivity index (χ3v) is 5.64. The standard InChI is InChI=1S/C23H34N4O2/c1-14-17(10-11-22(2,3)4)20(26-25-14)19-12-15-8-9-16(13-18(15)24-19)27(7)21(28)23(5,6)29/h8-9,12,16,24,29H,10-11,13H2,1-7H3,(H,25,26). The third kappa shape index (κ3) is 4.64. The van der Waals surface area contributed by atoms with Crippen LogP contribution in [0.15, 0.2) is 12.1 Å². The second-order valence-electron chi connectivity index (χ2n) is 9.96. The number of likely N-dealkylation sites (N-methyl/N-ethyl adjacent to an activating group) is 1. The quantitative estimate of drug-likeness (QED) is 0.715. The molecule has 6 nitrogen and oxygen atoms in total. The molecule has 1 aliphatic rings. The van der Waals surface area contributed by atoms with Crippen molar-refractivity contribution in [3.63, 3.8) is 0 Å². The summed E-state index contributed by atoms with van der Waals surface area (Å²) in [6, 6.07) is 2.05. The van der Waals surface area contributed by atoms with Gasteiger partial charge in [0.05, 0.1) is 11.7 Å². The average Bonchev–Trinajstić information content (AvgIpc) is 3.19. The Labute approximate surface area is 173 Å². The molecule has 3 N–H and O–H groups in total. The molecule has 158 valence electrons. The summed E-state index contributed by atoms with van der Waals surface area (Å²) >= 11 is 0. The molecule has 2 aromatic rings. The van der Waals surface area contributed by atoms with Crippen LogP contribution >= 0.6 is 0 Å². The molecule has 1 unspecified atom stereocenters. The maximum Gasteiger partial charge on any atom is 0.254 e. The van der Waals surface area contributed by atoms with Crippen molar-refractivity contribution in [2.45, 2.75) is 72.4 Å². The first kappa shape index (κ1) is 21.4. The number of hydrogen-bond donors (Lipinski definition) is 3. The van der Waals surface area contributed by atoms with Crippen LogP contribution in [0.1, 0.15) is 63.6 Å². The van der Waals surface area contributed by atoms with Crippen molar-refractivity contribution in [3.8, 4) is 11.4 Å². The number of carbonyl (C=O) groups excluding carboxylic acids is 1. The van der Waals surface area contributed by atoms with Crippen LogP contribution < -0.4 is 0 Å². The van der Waals surface area contributed by atoms with E-state index in [0.29, 0.717) is 6.42 Å². The summed E-state index contributed by atoms with van der Waals surface area (Å²) in [5.41, 5.74) is 5.46. The van der Waals surface area contributed by atoms with Crippen LogP contribution in [0.25, 0.3) is 17.5 Å². The van der Waals surface area contributed by atoms with E-state index in [0.717, 1.165) is 41.2 Å². The number of amides is 1. The minimum atomic E-state index is -1.38. The van der Waals surface area contributed by atoms with Gasteiger partial charge >= 0.3 is 0 Å². The molecule has 1 aliphatic carbocycles. The Balaban J connectivity index is 1.82. The van der Waals surface area contributed by atoms with Crippen molar-refractivity contribution in [1.29, 1.82) is 0 Å². The van der Waals surface area contributed by atoms with E-state index in [2.05, 4.69) is 48.9 Å². The lowest BCUT2D eigenvalue weighted by Gasteiger charge is -2.32. The maximum atomic E-state index is 12.4. The molecule has 0 bridgehead atoms. The highest BCUT2D eigenvalue weighted by atomic mass is 16.3. The summed E-state index contributed by atoms with van der Waals surface area (Å²) in [6.07, 6.45) is 6.83. The lowest BCUT2D eigenvalue weighted by atomic mass is 9.88. The van der Waals surface area contributed by atoms with Crippen LogP contribution in [0.2, 0.25) is 0 Å². The molecule has 0 spiro atoms. The zero-order valence-electron chi connectivity index (χ0n) is 18.7. The van der Waals surface area contributed by atoms with Crippen molar-refractivity contribution in [2.75, 3.05) is 7.05 Å². The van der Waals surface area contributed by atoms with E-state index < -0.39 is 5.60 Å². The first-order valence-corrected chi connectivity index (χ1v) is 10.3. The lowest BCUT2D eigenvalue weighted by molar-refractivity contribution is -0.147. The summed E-state index contributed by atoms with van der Waals surface area (Å²) in [7, 11) is 1.74. The molecule has 0 aromatic carbocycles. The molecule has 2 heterocycles. The van der Waals surface area contributed by atoms with Crippen molar-refractivity contribution in [2.24, 2.45) is 5.41 Å². The summed E-state index contributed by atoms with van der Waals surface area (Å²) in [5.74, 6) is -0.283. The summed E-state index contributed by atoms with van der Waals surface area (Å²) in [5, 5.41) is 17.7. The summed E-state index contributed by atoms with van der Waals surface area (Å²) in [4.78, 5) is 17.6. The highest BCUT2D eigenvalue weighted by Crippen LogP contribution is 2.32. The zero-order chi connectivity index (χ0) is 21.6. The molecule has 2 aromatic heterocycles. The Kier molecular flexibility index (Phi) is 5.52. The summed E-state index contributed by atoms with van der Waals surface area (Å²) in [6.45, 7) is 11.9. The molecule has 0 saturated carbocycles. The van der Waals surface area contributed by atoms with Gasteiger partial charge in [-0.05, 0) is 50.7 Å². The average molecular weight is 399 g/mol. The molecule has 6 heteroatoms. The van der Waals surface area contributed by atoms with Crippen molar-refractivity contribution in [3.05, 3.63) is 34.7 Å². The van der Waals surface area contributed by atoms with E-state index in [1.54, 1.807) is 11.9 Å². The first-order valence-electron chi connectivity index (χ1n) is 10.3. The van der Waals surface area contributed by atoms with Gasteiger partial charge in [0.15, 0.2) is 0 Å². The molecule has 1 atom stereocenters. The molecule has 0 aliphatic heterocycles. The van der Waals surface area contributed by atoms with Crippen molar-refractivity contribution in [1.82, 2.24) is 20.1 Å². The Morgan fingerprint density at radius 3 is 2.62 bits per heavy atom. The maximum absolute atomic E-state index is 12.4. The second kappa shape index (κ2) is 7.48. The van der Waals surface area contributed by atoms with Gasteiger partial charge in [0.2, 0.25) is 0 Å². The fourth-order valence-corrected chi connectivity index (χ4v) is 3.78. The number of nitrogens with zero attached hydrogens (tertiary/aromatic N) is 2. The van der Waals surface area contributed by atoms with Gasteiger partial charge in [-0.15, -0.1) is 0 Å². The predicted octanol–water partition coefficient (Wildman–Crippen LogP) is 3.86. The zero-order valence-corrected chi connectivity index (χ0v) is 18.7. The molecule has 1 amide bonds. The van der Waals surface area contributed by atoms with E-state index >= 15 is 0 Å². The fraction of sp³-hybridized carbons (Fsp3) is 0.565. The number of hydrogen-bond acceptors (Lipinski definition) is 3. The minimum Gasteiger partial charge on any atom is -0.381 e. The second-order valence-corrected chi connectivity index (χ2v) is 9.96. The molecule has 29 heavy (non-hydrogen) atoms. The van der Waals surface area contributed by atoms with E-state index in [-0.39, 0.29) is 17.4 Å². The number of aromatic nitrogens is 3. The van der Waals surface area contributed by atoms with Crippen LogP contribution in [0.4, 0.5) is 0 Å². The highest BCUT2D eigenvalue weighted by molar-refractivity contribution is 5.84.